The van der Waals surface area contributed by atoms with Crippen LogP contribution in [0.1, 0.15) is 32.6 Å². The smallest absolute Gasteiger partial charge is 0.241 e. The molecule has 0 aliphatic heterocycles. The third kappa shape index (κ3) is 3.49. The summed E-state index contributed by atoms with van der Waals surface area (Å²) in [6.07, 6.45) is 4.19. The van der Waals surface area contributed by atoms with Gasteiger partial charge in [-0.3, -0.25) is 15.6 Å². The van der Waals surface area contributed by atoms with Crippen LogP contribution in [0.25, 0.3) is 0 Å². The van der Waals surface area contributed by atoms with Crippen molar-refractivity contribution in [1.29, 1.82) is 0 Å². The lowest BCUT2D eigenvalue weighted by molar-refractivity contribution is -0.126. The molecule has 1 aliphatic carbocycles. The molecule has 4 nitrogen and oxygen atoms in total. The number of hydrogen-bond acceptors (Lipinski definition) is 2. The summed E-state index contributed by atoms with van der Waals surface area (Å²) in [4.78, 5) is 11.5. The van der Waals surface area contributed by atoms with E-state index in [2.05, 4.69) is 30.0 Å². The first kappa shape index (κ1) is 11.2. The van der Waals surface area contributed by atoms with Crippen LogP contribution in [0.4, 0.5) is 0 Å². The fourth-order valence-electron chi connectivity index (χ4n) is 1.75. The van der Waals surface area contributed by atoms with E-state index in [4.69, 9.17) is 5.73 Å². The fourth-order valence-corrected chi connectivity index (χ4v) is 1.80. The second kappa shape index (κ2) is 5.14. The number of hydrazine groups is 1. The Kier molecular flexibility index (Phi) is 4.13. The topological polar surface area (TPSA) is 67.2 Å². The first-order valence-electron chi connectivity index (χ1n) is 4.95. The molecule has 0 atom stereocenters. The minimum Gasteiger partial charge on any atom is -0.375 e. The second-order valence-corrected chi connectivity index (χ2v) is 4.38. The number of hydrogen-bond donors (Lipinski definition) is 3. The molecule has 0 aromatic heterocycles. The van der Waals surface area contributed by atoms with Crippen molar-refractivity contribution in [3.8, 4) is 0 Å². The van der Waals surface area contributed by atoms with Crippen molar-refractivity contribution in [3.63, 3.8) is 0 Å². The first-order chi connectivity index (χ1) is 6.59. The number of nitrogens with two attached hydrogens (primary N) is 1. The lowest BCUT2D eigenvalue weighted by atomic mass is 9.83. The summed E-state index contributed by atoms with van der Waals surface area (Å²) >= 11 is 4.59. The van der Waals surface area contributed by atoms with Crippen molar-refractivity contribution in [2.75, 3.05) is 0 Å². The highest BCUT2D eigenvalue weighted by Crippen LogP contribution is 2.27. The third-order valence-corrected chi connectivity index (χ3v) is 2.80. The highest BCUT2D eigenvalue weighted by atomic mass is 32.1. The Hall–Kier alpha value is -0.840. The normalized spacial score (nSPS) is 26.6. The van der Waals surface area contributed by atoms with Gasteiger partial charge in [0.25, 0.3) is 0 Å². The lowest BCUT2D eigenvalue weighted by Crippen LogP contribution is -2.47. The van der Waals surface area contributed by atoms with Crippen LogP contribution in [-0.2, 0) is 4.79 Å². The van der Waals surface area contributed by atoms with Crippen LogP contribution in [0.2, 0.25) is 0 Å². The molecule has 4 N–H and O–H groups in total. The molecule has 1 amide bonds. The van der Waals surface area contributed by atoms with Gasteiger partial charge in [-0.05, 0) is 43.8 Å². The lowest BCUT2D eigenvalue weighted by Gasteiger charge is -2.25. The second-order valence-electron chi connectivity index (χ2n) is 3.94. The summed E-state index contributed by atoms with van der Waals surface area (Å²) in [5, 5.41) is 0.0996. The van der Waals surface area contributed by atoms with Crippen molar-refractivity contribution in [2.45, 2.75) is 32.6 Å². The van der Waals surface area contributed by atoms with E-state index in [9.17, 15) is 4.79 Å². The molecule has 1 saturated carbocycles. The summed E-state index contributed by atoms with van der Waals surface area (Å²) in [6, 6.07) is 0. The Morgan fingerprint density at radius 2 is 1.86 bits per heavy atom. The summed E-state index contributed by atoms with van der Waals surface area (Å²) in [5.41, 5.74) is 10.2. The highest BCUT2D eigenvalue weighted by Gasteiger charge is 2.23. The first-order valence-corrected chi connectivity index (χ1v) is 5.35. The van der Waals surface area contributed by atoms with Gasteiger partial charge in [0.05, 0.1) is 0 Å². The summed E-state index contributed by atoms with van der Waals surface area (Å²) in [7, 11) is 0. The molecule has 0 aromatic carbocycles. The molecule has 80 valence electrons. The Morgan fingerprint density at radius 1 is 1.29 bits per heavy atom. The third-order valence-electron chi connectivity index (χ3n) is 2.70. The van der Waals surface area contributed by atoms with E-state index < -0.39 is 0 Å². The maximum absolute atomic E-state index is 11.5. The van der Waals surface area contributed by atoms with E-state index in [-0.39, 0.29) is 16.9 Å². The molecule has 1 fully saturated rings. The van der Waals surface area contributed by atoms with Crippen LogP contribution in [-0.4, -0.2) is 11.0 Å². The number of rotatable bonds is 1. The van der Waals surface area contributed by atoms with E-state index in [1.54, 1.807) is 0 Å². The van der Waals surface area contributed by atoms with Crippen LogP contribution in [0, 0.1) is 11.8 Å². The molecule has 0 saturated heterocycles. The average Bonchev–Trinajstić information content (AvgIpc) is 2.15. The molecule has 0 spiro atoms. The van der Waals surface area contributed by atoms with Gasteiger partial charge in [-0.15, -0.1) is 0 Å². The van der Waals surface area contributed by atoms with E-state index in [0.29, 0.717) is 0 Å². The number of amides is 1. The standard InChI is InChI=1S/C9H17N3OS/c1-6-2-4-7(5-3-6)8(13)11-12-9(10)14/h6-7H,2-5H2,1H3,(H,11,13)(H3,10,12,14). The molecule has 5 heteroatoms. The molecular weight excluding hydrogens is 198 g/mol. The Labute approximate surface area is 89.6 Å². The maximum Gasteiger partial charge on any atom is 0.241 e. The Morgan fingerprint density at radius 3 is 2.36 bits per heavy atom. The molecule has 0 unspecified atom stereocenters. The van der Waals surface area contributed by atoms with E-state index in [1.165, 1.54) is 0 Å². The fraction of sp³-hybridized carbons (Fsp3) is 0.778. The number of thiocarbonyl (C=S) groups is 1. The highest BCUT2D eigenvalue weighted by molar-refractivity contribution is 7.80. The summed E-state index contributed by atoms with van der Waals surface area (Å²) < 4.78 is 0. The molecule has 14 heavy (non-hydrogen) atoms. The van der Waals surface area contributed by atoms with Gasteiger partial charge in [-0.1, -0.05) is 6.92 Å². The van der Waals surface area contributed by atoms with Crippen molar-refractivity contribution < 1.29 is 4.79 Å². The van der Waals surface area contributed by atoms with Crippen LogP contribution in [0.5, 0.6) is 0 Å². The van der Waals surface area contributed by atoms with Crippen LogP contribution in [0.3, 0.4) is 0 Å². The molecule has 0 aromatic rings. The molecular formula is C9H17N3OS. The zero-order chi connectivity index (χ0) is 10.6. The molecule has 0 heterocycles. The van der Waals surface area contributed by atoms with Gasteiger partial charge in [0.15, 0.2) is 5.11 Å². The van der Waals surface area contributed by atoms with Gasteiger partial charge in [-0.2, -0.15) is 0 Å². The van der Waals surface area contributed by atoms with Crippen molar-refractivity contribution in [2.24, 2.45) is 17.6 Å². The van der Waals surface area contributed by atoms with Gasteiger partial charge >= 0.3 is 0 Å². The van der Waals surface area contributed by atoms with Gasteiger partial charge in [0.2, 0.25) is 5.91 Å². The van der Waals surface area contributed by atoms with Crippen LogP contribution < -0.4 is 16.6 Å². The van der Waals surface area contributed by atoms with Gasteiger partial charge in [-0.25, -0.2) is 0 Å². The Balaban J connectivity index is 2.27. The van der Waals surface area contributed by atoms with Crippen LogP contribution >= 0.6 is 12.2 Å². The number of carbonyl (C=O) groups is 1. The van der Waals surface area contributed by atoms with Gasteiger partial charge in [0.1, 0.15) is 0 Å². The quantitative estimate of drug-likeness (QED) is 0.444. The largest absolute Gasteiger partial charge is 0.375 e. The van der Waals surface area contributed by atoms with Gasteiger partial charge in [0, 0.05) is 5.92 Å². The molecule has 0 radical (unpaired) electrons. The average molecular weight is 215 g/mol. The van der Waals surface area contributed by atoms with Gasteiger partial charge < -0.3 is 5.73 Å². The monoisotopic (exact) mass is 215 g/mol. The SMILES string of the molecule is CC1CCC(C(=O)NNC(N)=S)CC1. The number of nitrogens with one attached hydrogen (secondary N) is 2. The zero-order valence-electron chi connectivity index (χ0n) is 8.38. The zero-order valence-corrected chi connectivity index (χ0v) is 9.19. The van der Waals surface area contributed by atoms with E-state index in [0.717, 1.165) is 31.6 Å². The van der Waals surface area contributed by atoms with Crippen molar-refractivity contribution >= 4 is 23.2 Å². The van der Waals surface area contributed by atoms with Crippen molar-refractivity contribution in [1.82, 2.24) is 10.9 Å². The van der Waals surface area contributed by atoms with Crippen LogP contribution in [0.15, 0.2) is 0 Å². The van der Waals surface area contributed by atoms with E-state index >= 15 is 0 Å². The summed E-state index contributed by atoms with van der Waals surface area (Å²) in [5.74, 6) is 0.875. The van der Waals surface area contributed by atoms with E-state index in [1.807, 2.05) is 0 Å². The molecule has 1 rings (SSSR count). The Bertz CT molecular complexity index is 224. The molecule has 1 aliphatic rings. The van der Waals surface area contributed by atoms with Crippen molar-refractivity contribution in [3.05, 3.63) is 0 Å². The minimum absolute atomic E-state index is 0.00435. The predicted octanol–water partition coefficient (Wildman–Crippen LogP) is 0.677. The minimum atomic E-state index is 0.00435. The number of carbonyl (C=O) groups excluding carboxylic acids is 1. The predicted molar refractivity (Wildman–Crippen MR) is 59.2 cm³/mol. The summed E-state index contributed by atoms with van der Waals surface area (Å²) in [6.45, 7) is 2.22. The maximum atomic E-state index is 11.5. The molecule has 0 bridgehead atoms.